The number of amides is 1. The SMILES string of the molecule is COc1ccc(-n2c(C)cc([C@@H]3[C@@H](c4ccccn4)NC(=S)N3CCC(=O)Nc3ccc(C)cc3)c2C)c([N+](=O)[O-])c1. The molecule has 1 saturated heterocycles. The molecule has 0 bridgehead atoms. The Hall–Kier alpha value is -4.77. The fourth-order valence-corrected chi connectivity index (χ4v) is 5.82. The summed E-state index contributed by atoms with van der Waals surface area (Å²) in [5.74, 6) is 0.282. The quantitative estimate of drug-likeness (QED) is 0.146. The standard InChI is InChI=1S/C31H32N6O4S/c1-19-8-10-22(11-9-19)33-28(38)14-16-35-30(29(34-31(35)42)25-7-5-6-15-32-25)24-17-20(2)36(21(24)3)26-13-12-23(41-4)18-27(26)37(39)40/h5-13,15,17-18,29-30H,14,16H2,1-4H3,(H,33,38)(H,34,42)/t29-,30-/m1/s1. The normalized spacial score (nSPS) is 16.3. The zero-order valence-electron chi connectivity index (χ0n) is 23.8. The molecular formula is C31H32N6O4S. The van der Waals surface area contributed by atoms with Gasteiger partial charge >= 0.3 is 0 Å². The summed E-state index contributed by atoms with van der Waals surface area (Å²) in [7, 11) is 1.48. The predicted molar refractivity (Wildman–Crippen MR) is 165 cm³/mol. The minimum absolute atomic E-state index is 0.0614. The lowest BCUT2D eigenvalue weighted by atomic mass is 9.96. The molecule has 2 atom stereocenters. The number of nitrogens with zero attached hydrogens (tertiary/aromatic N) is 4. The van der Waals surface area contributed by atoms with Crippen molar-refractivity contribution in [3.63, 3.8) is 0 Å². The molecule has 2 aromatic carbocycles. The van der Waals surface area contributed by atoms with Gasteiger partial charge in [-0.3, -0.25) is 19.9 Å². The molecule has 1 fully saturated rings. The lowest BCUT2D eigenvalue weighted by molar-refractivity contribution is -0.384. The minimum atomic E-state index is -0.404. The van der Waals surface area contributed by atoms with Crippen LogP contribution in [-0.2, 0) is 4.79 Å². The lowest BCUT2D eigenvalue weighted by Crippen LogP contribution is -2.32. The lowest BCUT2D eigenvalue weighted by Gasteiger charge is -2.28. The molecule has 42 heavy (non-hydrogen) atoms. The van der Waals surface area contributed by atoms with Crippen LogP contribution in [0.15, 0.2) is 72.9 Å². The number of pyridine rings is 1. The molecule has 5 rings (SSSR count). The average Bonchev–Trinajstić information content (AvgIpc) is 3.47. The molecule has 11 heteroatoms. The Morgan fingerprint density at radius 2 is 1.88 bits per heavy atom. The fraction of sp³-hybridized carbons (Fsp3) is 0.258. The summed E-state index contributed by atoms with van der Waals surface area (Å²) >= 11 is 5.79. The number of nitrogens with one attached hydrogen (secondary N) is 2. The molecule has 0 radical (unpaired) electrons. The highest BCUT2D eigenvalue weighted by molar-refractivity contribution is 7.80. The zero-order chi connectivity index (χ0) is 30.0. The largest absolute Gasteiger partial charge is 0.496 e. The predicted octanol–water partition coefficient (Wildman–Crippen LogP) is 5.72. The van der Waals surface area contributed by atoms with Crippen LogP contribution in [0, 0.1) is 30.9 Å². The van der Waals surface area contributed by atoms with Gasteiger partial charge < -0.3 is 24.8 Å². The van der Waals surface area contributed by atoms with E-state index in [9.17, 15) is 14.9 Å². The summed E-state index contributed by atoms with van der Waals surface area (Å²) in [6.07, 6.45) is 1.95. The first kappa shape index (κ1) is 28.7. The number of thiocarbonyl (C=S) groups is 1. The molecule has 3 heterocycles. The molecule has 4 aromatic rings. The average molecular weight is 585 g/mol. The number of carbonyl (C=O) groups excluding carboxylic acids is 1. The third-order valence-corrected chi connectivity index (χ3v) is 7.87. The number of rotatable bonds is 9. The minimum Gasteiger partial charge on any atom is -0.496 e. The van der Waals surface area contributed by atoms with Crippen LogP contribution in [0.4, 0.5) is 11.4 Å². The molecule has 2 N–H and O–H groups in total. The first-order valence-corrected chi connectivity index (χ1v) is 13.9. The number of anilines is 1. The zero-order valence-corrected chi connectivity index (χ0v) is 24.6. The van der Waals surface area contributed by atoms with E-state index in [0.29, 0.717) is 23.1 Å². The number of methoxy groups -OCH3 is 1. The van der Waals surface area contributed by atoms with E-state index in [2.05, 4.69) is 15.6 Å². The maximum atomic E-state index is 12.9. The number of carbonyl (C=O) groups is 1. The van der Waals surface area contributed by atoms with Gasteiger partial charge in [0.25, 0.3) is 5.69 Å². The van der Waals surface area contributed by atoms with Crippen molar-refractivity contribution >= 4 is 34.6 Å². The van der Waals surface area contributed by atoms with Gasteiger partial charge in [0.1, 0.15) is 11.4 Å². The molecule has 0 aliphatic carbocycles. The van der Waals surface area contributed by atoms with Crippen LogP contribution in [0.3, 0.4) is 0 Å². The van der Waals surface area contributed by atoms with Crippen molar-refractivity contribution in [2.24, 2.45) is 0 Å². The molecule has 2 aromatic heterocycles. The van der Waals surface area contributed by atoms with Crippen LogP contribution < -0.4 is 15.4 Å². The first-order valence-electron chi connectivity index (χ1n) is 13.5. The molecule has 1 amide bonds. The smallest absolute Gasteiger partial charge is 0.296 e. The number of nitro groups is 1. The monoisotopic (exact) mass is 584 g/mol. The second kappa shape index (κ2) is 12.0. The Kier molecular flexibility index (Phi) is 8.21. The Morgan fingerprint density at radius 3 is 2.55 bits per heavy atom. The highest BCUT2D eigenvalue weighted by Crippen LogP contribution is 2.42. The summed E-state index contributed by atoms with van der Waals surface area (Å²) in [6, 6.07) is 19.6. The van der Waals surface area contributed by atoms with E-state index >= 15 is 0 Å². The van der Waals surface area contributed by atoms with Crippen LogP contribution in [-0.4, -0.2) is 44.0 Å². The van der Waals surface area contributed by atoms with Gasteiger partial charge in [-0.05, 0) is 81.0 Å². The van der Waals surface area contributed by atoms with Crippen molar-refractivity contribution in [1.82, 2.24) is 19.8 Å². The molecule has 10 nitrogen and oxygen atoms in total. The number of ether oxygens (including phenoxy) is 1. The number of aromatic nitrogens is 2. The summed E-state index contributed by atoms with van der Waals surface area (Å²) in [5.41, 5.74) is 5.61. The Labute approximate surface area is 249 Å². The van der Waals surface area contributed by atoms with Gasteiger partial charge in [0.15, 0.2) is 5.11 Å². The van der Waals surface area contributed by atoms with Crippen molar-refractivity contribution in [1.29, 1.82) is 0 Å². The Balaban J connectivity index is 1.51. The number of benzene rings is 2. The van der Waals surface area contributed by atoms with E-state index in [1.54, 1.807) is 18.3 Å². The molecule has 0 spiro atoms. The number of hydrogen-bond acceptors (Lipinski definition) is 6. The third kappa shape index (κ3) is 5.68. The van der Waals surface area contributed by atoms with Crippen LogP contribution in [0.5, 0.6) is 5.75 Å². The Bertz CT molecular complexity index is 1640. The molecule has 1 aliphatic rings. The Morgan fingerprint density at radius 1 is 1.12 bits per heavy atom. The van der Waals surface area contributed by atoms with Gasteiger partial charge in [-0.2, -0.15) is 0 Å². The molecule has 0 unspecified atom stereocenters. The number of hydrogen-bond donors (Lipinski definition) is 2. The van der Waals surface area contributed by atoms with Crippen molar-refractivity contribution < 1.29 is 14.5 Å². The van der Waals surface area contributed by atoms with Crippen molar-refractivity contribution in [3.05, 3.63) is 111 Å². The second-order valence-electron chi connectivity index (χ2n) is 10.3. The second-order valence-corrected chi connectivity index (χ2v) is 10.6. The van der Waals surface area contributed by atoms with Crippen molar-refractivity contribution in [2.75, 3.05) is 19.0 Å². The van der Waals surface area contributed by atoms with Gasteiger partial charge in [0.05, 0.1) is 35.9 Å². The van der Waals surface area contributed by atoms with Gasteiger partial charge in [0.2, 0.25) is 5.91 Å². The number of nitro benzene ring substituents is 1. The summed E-state index contributed by atoms with van der Waals surface area (Å²) < 4.78 is 7.12. The van der Waals surface area contributed by atoms with Crippen LogP contribution in [0.2, 0.25) is 0 Å². The van der Waals surface area contributed by atoms with Gasteiger partial charge in [0, 0.05) is 36.2 Å². The molecule has 0 saturated carbocycles. The maximum Gasteiger partial charge on any atom is 0.296 e. The number of aryl methyl sites for hydroxylation is 2. The van der Waals surface area contributed by atoms with Crippen LogP contribution in [0.1, 0.15) is 46.7 Å². The van der Waals surface area contributed by atoms with E-state index in [1.807, 2.05) is 78.8 Å². The summed E-state index contributed by atoms with van der Waals surface area (Å²) in [6.45, 7) is 6.22. The molecule has 216 valence electrons. The summed E-state index contributed by atoms with van der Waals surface area (Å²) in [5, 5.41) is 18.9. The fourth-order valence-electron chi connectivity index (χ4n) is 5.49. The third-order valence-electron chi connectivity index (χ3n) is 7.52. The van der Waals surface area contributed by atoms with E-state index in [1.165, 1.54) is 13.2 Å². The van der Waals surface area contributed by atoms with Gasteiger partial charge in [-0.1, -0.05) is 23.8 Å². The summed E-state index contributed by atoms with van der Waals surface area (Å²) in [4.78, 5) is 31.2. The van der Waals surface area contributed by atoms with E-state index in [4.69, 9.17) is 17.0 Å². The van der Waals surface area contributed by atoms with E-state index < -0.39 is 4.92 Å². The highest BCUT2D eigenvalue weighted by atomic mass is 32.1. The first-order chi connectivity index (χ1) is 20.2. The van der Waals surface area contributed by atoms with Crippen LogP contribution in [0.25, 0.3) is 5.69 Å². The van der Waals surface area contributed by atoms with E-state index in [0.717, 1.165) is 33.9 Å². The highest BCUT2D eigenvalue weighted by Gasteiger charge is 2.41. The van der Waals surface area contributed by atoms with Gasteiger partial charge in [-0.25, -0.2) is 0 Å². The van der Waals surface area contributed by atoms with Crippen LogP contribution >= 0.6 is 12.2 Å². The molecular weight excluding hydrogens is 552 g/mol. The van der Waals surface area contributed by atoms with E-state index in [-0.39, 0.29) is 30.1 Å². The van der Waals surface area contributed by atoms with Gasteiger partial charge in [-0.15, -0.1) is 0 Å². The topological polar surface area (TPSA) is 115 Å². The maximum absolute atomic E-state index is 12.9. The van der Waals surface area contributed by atoms with Crippen molar-refractivity contribution in [2.45, 2.75) is 39.3 Å². The molecule has 1 aliphatic heterocycles. The van der Waals surface area contributed by atoms with Crippen molar-refractivity contribution in [3.8, 4) is 11.4 Å².